The fraction of sp³-hybridized carbons (Fsp3) is 0.556. The Bertz CT molecular complexity index is 452. The van der Waals surface area contributed by atoms with Crippen LogP contribution >= 0.6 is 0 Å². The second-order valence-electron chi connectivity index (χ2n) is 3.96. The molecule has 1 fully saturated rings. The first kappa shape index (κ1) is 12.3. The molecule has 0 unspecified atom stereocenters. The van der Waals surface area contributed by atoms with E-state index in [0.29, 0.717) is 26.2 Å². The van der Waals surface area contributed by atoms with Crippen LogP contribution in [-0.2, 0) is 4.79 Å². The first-order chi connectivity index (χ1) is 8.58. The maximum Gasteiger partial charge on any atom is 0.317 e. The van der Waals surface area contributed by atoms with Gasteiger partial charge in [-0.3, -0.25) is 14.5 Å². The van der Waals surface area contributed by atoms with Gasteiger partial charge in [0.05, 0.1) is 6.54 Å². The molecule has 98 valence electrons. The minimum Gasteiger partial charge on any atom is -0.480 e. The van der Waals surface area contributed by atoms with Crippen LogP contribution in [0.2, 0.25) is 0 Å². The van der Waals surface area contributed by atoms with Crippen LogP contribution < -0.4 is 5.73 Å². The van der Waals surface area contributed by atoms with Gasteiger partial charge in [0.15, 0.2) is 0 Å². The number of hydrogen-bond donors (Lipinski definition) is 2. The van der Waals surface area contributed by atoms with E-state index in [-0.39, 0.29) is 24.0 Å². The Morgan fingerprint density at radius 2 is 1.94 bits per heavy atom. The molecule has 0 atom stereocenters. The Morgan fingerprint density at radius 3 is 2.44 bits per heavy atom. The van der Waals surface area contributed by atoms with Crippen molar-refractivity contribution in [1.29, 1.82) is 0 Å². The summed E-state index contributed by atoms with van der Waals surface area (Å²) < 4.78 is 4.37. The summed E-state index contributed by atoms with van der Waals surface area (Å²) >= 11 is 0. The minimum atomic E-state index is -0.875. The van der Waals surface area contributed by atoms with E-state index in [1.807, 2.05) is 0 Å². The molecule has 1 aromatic rings. The van der Waals surface area contributed by atoms with Crippen molar-refractivity contribution in [1.82, 2.24) is 20.1 Å². The SMILES string of the molecule is Nc1nonc1C(=O)N1CCN(CC(=O)O)CC1. The van der Waals surface area contributed by atoms with Gasteiger partial charge in [0.1, 0.15) is 0 Å². The van der Waals surface area contributed by atoms with Crippen molar-refractivity contribution < 1.29 is 19.3 Å². The molecular weight excluding hydrogens is 242 g/mol. The fourth-order valence-electron chi connectivity index (χ4n) is 1.79. The summed E-state index contributed by atoms with van der Waals surface area (Å²) in [5.74, 6) is -1.25. The van der Waals surface area contributed by atoms with Gasteiger partial charge in [0.2, 0.25) is 11.5 Å². The number of carboxylic acid groups (broad SMARTS) is 1. The van der Waals surface area contributed by atoms with Gasteiger partial charge in [-0.2, -0.15) is 0 Å². The molecular formula is C9H13N5O4. The molecule has 0 saturated carbocycles. The van der Waals surface area contributed by atoms with Gasteiger partial charge in [-0.05, 0) is 10.3 Å². The van der Waals surface area contributed by atoms with Gasteiger partial charge in [0.25, 0.3) is 5.91 Å². The summed E-state index contributed by atoms with van der Waals surface area (Å²) in [6.07, 6.45) is 0. The average Bonchev–Trinajstić information content (AvgIpc) is 2.75. The van der Waals surface area contributed by atoms with Crippen LogP contribution in [0.4, 0.5) is 5.82 Å². The van der Waals surface area contributed by atoms with Gasteiger partial charge in [-0.1, -0.05) is 0 Å². The van der Waals surface area contributed by atoms with Crippen LogP contribution in [-0.4, -0.2) is 69.8 Å². The van der Waals surface area contributed by atoms with Crippen LogP contribution in [0.1, 0.15) is 10.5 Å². The number of aromatic nitrogens is 2. The monoisotopic (exact) mass is 255 g/mol. The molecule has 9 nitrogen and oxygen atoms in total. The number of nitrogens with two attached hydrogens (primary N) is 1. The number of hydrogen-bond acceptors (Lipinski definition) is 7. The number of carbonyl (C=O) groups excluding carboxylic acids is 1. The third-order valence-corrected chi connectivity index (χ3v) is 2.73. The average molecular weight is 255 g/mol. The van der Waals surface area contributed by atoms with Gasteiger partial charge >= 0.3 is 5.97 Å². The summed E-state index contributed by atoms with van der Waals surface area (Å²) in [5, 5.41) is 15.4. The number of nitrogen functional groups attached to an aromatic ring is 1. The zero-order valence-electron chi connectivity index (χ0n) is 9.57. The summed E-state index contributed by atoms with van der Waals surface area (Å²) in [7, 11) is 0. The van der Waals surface area contributed by atoms with Gasteiger partial charge < -0.3 is 15.7 Å². The fourth-order valence-corrected chi connectivity index (χ4v) is 1.79. The van der Waals surface area contributed by atoms with Crippen molar-refractivity contribution in [3.63, 3.8) is 0 Å². The van der Waals surface area contributed by atoms with Crippen molar-refractivity contribution >= 4 is 17.7 Å². The van der Waals surface area contributed by atoms with Gasteiger partial charge in [-0.15, -0.1) is 0 Å². The first-order valence-electron chi connectivity index (χ1n) is 5.39. The predicted molar refractivity (Wildman–Crippen MR) is 58.7 cm³/mol. The molecule has 1 aliphatic rings. The Morgan fingerprint density at radius 1 is 1.28 bits per heavy atom. The van der Waals surface area contributed by atoms with Gasteiger partial charge in [-0.25, -0.2) is 4.63 Å². The second kappa shape index (κ2) is 5.00. The highest BCUT2D eigenvalue weighted by Crippen LogP contribution is 2.10. The Kier molecular flexibility index (Phi) is 3.42. The minimum absolute atomic E-state index is 0.00156. The molecule has 0 bridgehead atoms. The lowest BCUT2D eigenvalue weighted by Crippen LogP contribution is -2.50. The molecule has 0 aliphatic carbocycles. The molecule has 0 aromatic carbocycles. The molecule has 1 aliphatic heterocycles. The first-order valence-corrected chi connectivity index (χ1v) is 5.39. The number of piperazine rings is 1. The number of nitrogens with zero attached hydrogens (tertiary/aromatic N) is 4. The van der Waals surface area contributed by atoms with E-state index in [1.165, 1.54) is 0 Å². The van der Waals surface area contributed by atoms with Crippen LogP contribution in [0, 0.1) is 0 Å². The highest BCUT2D eigenvalue weighted by molar-refractivity contribution is 5.96. The highest BCUT2D eigenvalue weighted by Gasteiger charge is 2.26. The van der Waals surface area contributed by atoms with E-state index in [9.17, 15) is 9.59 Å². The van der Waals surface area contributed by atoms with Crippen molar-refractivity contribution in [3.8, 4) is 0 Å². The normalized spacial score (nSPS) is 16.8. The smallest absolute Gasteiger partial charge is 0.317 e. The number of amides is 1. The molecule has 2 heterocycles. The van der Waals surface area contributed by atoms with Crippen molar-refractivity contribution in [2.75, 3.05) is 38.5 Å². The molecule has 18 heavy (non-hydrogen) atoms. The Labute approximate surface area is 102 Å². The van der Waals surface area contributed by atoms with Crippen LogP contribution in [0.15, 0.2) is 4.63 Å². The van der Waals surface area contributed by atoms with Gasteiger partial charge in [0, 0.05) is 26.2 Å². The van der Waals surface area contributed by atoms with Crippen molar-refractivity contribution in [2.45, 2.75) is 0 Å². The molecule has 1 saturated heterocycles. The molecule has 0 spiro atoms. The van der Waals surface area contributed by atoms with E-state index in [2.05, 4.69) is 14.9 Å². The molecule has 0 radical (unpaired) electrons. The van der Waals surface area contributed by atoms with E-state index < -0.39 is 5.97 Å². The largest absolute Gasteiger partial charge is 0.480 e. The number of anilines is 1. The quantitative estimate of drug-likeness (QED) is 0.667. The lowest BCUT2D eigenvalue weighted by atomic mass is 10.2. The number of carboxylic acids is 1. The third-order valence-electron chi connectivity index (χ3n) is 2.73. The standard InChI is InChI=1S/C9H13N5O4/c10-8-7(11-18-12-8)9(17)14-3-1-13(2-4-14)5-6(15)16/h1-5H2,(H2,10,12)(H,15,16). The molecule has 9 heteroatoms. The lowest BCUT2D eigenvalue weighted by Gasteiger charge is -2.33. The Hall–Kier alpha value is -2.16. The Balaban J connectivity index is 1.92. The molecule has 3 N–H and O–H groups in total. The topological polar surface area (TPSA) is 126 Å². The zero-order chi connectivity index (χ0) is 13.1. The maximum absolute atomic E-state index is 12.0. The number of rotatable bonds is 3. The molecule has 1 amide bonds. The predicted octanol–water partition coefficient (Wildman–Crippen LogP) is -1.51. The van der Waals surface area contributed by atoms with Crippen LogP contribution in [0.3, 0.4) is 0 Å². The maximum atomic E-state index is 12.0. The van der Waals surface area contributed by atoms with Crippen LogP contribution in [0.5, 0.6) is 0 Å². The second-order valence-corrected chi connectivity index (χ2v) is 3.96. The van der Waals surface area contributed by atoms with E-state index in [1.54, 1.807) is 9.80 Å². The van der Waals surface area contributed by atoms with Crippen molar-refractivity contribution in [2.24, 2.45) is 0 Å². The third kappa shape index (κ3) is 2.56. The summed E-state index contributed by atoms with van der Waals surface area (Å²) in [5.41, 5.74) is 5.44. The summed E-state index contributed by atoms with van der Waals surface area (Å²) in [6, 6.07) is 0. The van der Waals surface area contributed by atoms with E-state index >= 15 is 0 Å². The highest BCUT2D eigenvalue weighted by atomic mass is 16.6. The number of carbonyl (C=O) groups is 2. The molecule has 1 aromatic heterocycles. The zero-order valence-corrected chi connectivity index (χ0v) is 9.57. The number of aliphatic carboxylic acids is 1. The van der Waals surface area contributed by atoms with Crippen LogP contribution in [0.25, 0.3) is 0 Å². The summed E-state index contributed by atoms with van der Waals surface area (Å²) in [4.78, 5) is 25.8. The summed E-state index contributed by atoms with van der Waals surface area (Å²) in [6.45, 7) is 1.85. The van der Waals surface area contributed by atoms with E-state index in [4.69, 9.17) is 10.8 Å². The van der Waals surface area contributed by atoms with Crippen molar-refractivity contribution in [3.05, 3.63) is 5.69 Å². The van der Waals surface area contributed by atoms with E-state index in [0.717, 1.165) is 0 Å². The molecule has 2 rings (SSSR count). The lowest BCUT2D eigenvalue weighted by molar-refractivity contribution is -0.138.